The molecular weight excluding hydrogens is 1140 g/mol. The van der Waals surface area contributed by atoms with Gasteiger partial charge in [0.2, 0.25) is 35.4 Å². The molecule has 3 aliphatic heterocycles. The van der Waals surface area contributed by atoms with E-state index in [0.717, 1.165) is 70.9 Å². The largest absolute Gasteiger partial charge is 0.508 e. The standard InChI is InChI=1S/C63H84N8O17/c1-8-9-10-28-87-45-25-21-40(22-26-45)38-13-11-37(12-14-38)39-15-17-42(18-16-39)56(80)64-46-31-48(76)61(88-29-27-71(5,6)7)68-60(84)52-53(77)34(2)32-70(52)63(86)50(36(4)73)66-59(83)51(55(79)54(78)41-19-23-43(74)24-20-41)67-58(82)47-30-44(75)33-69(47)62(85)49(35(3)72)65-57(46)81/h11-26,34-36,44,46-55,61,72-73,75-79H,8-10,27-33H2,1-7H3,(H5-,64,65,66,67,68,74,80,81,82,83,84)/p+1/t34-,35?,36+,44+,46-,47-,48+,49?,50-,51-,52?,53?,54-,55-,61+/m0/s1. The van der Waals surface area contributed by atoms with E-state index in [9.17, 15) is 74.4 Å². The highest BCUT2D eigenvalue weighted by atomic mass is 16.5. The van der Waals surface area contributed by atoms with Crippen LogP contribution in [0.4, 0.5) is 0 Å². The number of aromatic hydroxyl groups is 1. The number of aliphatic hydroxyl groups is 7. The van der Waals surface area contributed by atoms with Gasteiger partial charge in [-0.1, -0.05) is 87.4 Å². The first-order valence-electron chi connectivity index (χ1n) is 29.7. The Kier molecular flexibility index (Phi) is 23.2. The molecular formula is C63H85N8O17+. The van der Waals surface area contributed by atoms with Crippen molar-refractivity contribution in [2.24, 2.45) is 5.92 Å². The number of hydrogen-bond donors (Lipinski definition) is 13. The second-order valence-corrected chi connectivity index (χ2v) is 24.1. The molecule has 88 heavy (non-hydrogen) atoms. The highest BCUT2D eigenvalue weighted by Gasteiger charge is 2.50. The third-order valence-electron chi connectivity index (χ3n) is 16.1. The molecule has 0 radical (unpaired) electrons. The fraction of sp³-hybridized carbons (Fsp3) is 0.508. The molecule has 4 unspecified atom stereocenters. The lowest BCUT2D eigenvalue weighted by molar-refractivity contribution is -0.870. The molecule has 0 aromatic heterocycles. The zero-order valence-electron chi connectivity index (χ0n) is 50.6. The summed E-state index contributed by atoms with van der Waals surface area (Å²) in [7, 11) is 5.52. The van der Waals surface area contributed by atoms with Crippen molar-refractivity contribution >= 4 is 41.4 Å². The zero-order chi connectivity index (χ0) is 64.3. The van der Waals surface area contributed by atoms with Crippen LogP contribution in [0.15, 0.2) is 97.1 Å². The van der Waals surface area contributed by atoms with E-state index in [4.69, 9.17) is 9.47 Å². The van der Waals surface area contributed by atoms with E-state index in [1.807, 2.05) is 69.7 Å². The SMILES string of the molecule is CCCCCOc1ccc(-c2ccc(-c3ccc(C(=O)N[C@H]4C[C@@H](O)[C@@H](OCC[N+](C)(C)C)NC(=O)C5C(O)[C@@H](C)CN5C(=O)[C@H]([C@@H](C)O)NC(=O)[C@H]([C@H](O)[C@@H](O)c5ccc(O)cc5)NC(=O)[C@@H]5C[C@@H](O)CN5C(=O)C(C(C)O)NC4=O)cc3)cc2)cc1. The minimum absolute atomic E-state index is 0.0470. The number of phenolic OH excluding ortho intramolecular Hbond substituents is 1. The number of carbonyl (C=O) groups excluding carboxylic acids is 7. The first-order chi connectivity index (χ1) is 41.6. The summed E-state index contributed by atoms with van der Waals surface area (Å²) in [6.07, 6.45) is -12.6. The van der Waals surface area contributed by atoms with Crippen molar-refractivity contribution in [2.75, 3.05) is 54.0 Å². The van der Waals surface area contributed by atoms with Crippen LogP contribution in [0.3, 0.4) is 0 Å². The number of phenols is 1. The number of aliphatic hydroxyl groups excluding tert-OH is 7. The summed E-state index contributed by atoms with van der Waals surface area (Å²) < 4.78 is 12.3. The van der Waals surface area contributed by atoms with E-state index in [1.165, 1.54) is 43.3 Å². The van der Waals surface area contributed by atoms with Crippen LogP contribution >= 0.6 is 0 Å². The molecule has 13 N–H and O–H groups in total. The Morgan fingerprint density at radius 1 is 0.648 bits per heavy atom. The Labute approximate surface area is 511 Å². The van der Waals surface area contributed by atoms with Crippen LogP contribution in [0, 0.1) is 5.92 Å². The van der Waals surface area contributed by atoms with Crippen molar-refractivity contribution in [2.45, 2.75) is 145 Å². The molecule has 0 saturated carbocycles. The number of fused-ring (bicyclic) bond motifs is 2. The van der Waals surface area contributed by atoms with Crippen molar-refractivity contribution in [1.82, 2.24) is 36.4 Å². The van der Waals surface area contributed by atoms with Crippen LogP contribution in [-0.2, 0) is 33.5 Å². The molecule has 3 fully saturated rings. The first kappa shape index (κ1) is 67.9. The minimum atomic E-state index is -2.29. The first-order valence-corrected chi connectivity index (χ1v) is 29.7. The van der Waals surface area contributed by atoms with Crippen molar-refractivity contribution < 1.29 is 88.4 Å². The lowest BCUT2D eigenvalue weighted by Crippen LogP contribution is -2.64. The number of carbonyl (C=O) groups is 7. The van der Waals surface area contributed by atoms with Crippen LogP contribution in [-0.4, -0.2) is 230 Å². The number of likely N-dealkylation sites (N-methyl/N-ethyl adjacent to an activating group) is 1. The number of unbranched alkanes of at least 4 members (excludes halogenated alkanes) is 2. The third-order valence-corrected chi connectivity index (χ3v) is 16.1. The van der Waals surface area contributed by atoms with Gasteiger partial charge in [-0.3, -0.25) is 33.6 Å². The Morgan fingerprint density at radius 3 is 1.74 bits per heavy atom. The van der Waals surface area contributed by atoms with Crippen LogP contribution in [0.2, 0.25) is 0 Å². The Hall–Kier alpha value is -7.59. The smallest absolute Gasteiger partial charge is 0.251 e. The fourth-order valence-corrected chi connectivity index (χ4v) is 10.8. The highest BCUT2D eigenvalue weighted by Crippen LogP contribution is 2.30. The highest BCUT2D eigenvalue weighted by molar-refractivity contribution is 6.00. The Bertz CT molecular complexity index is 3040. The number of quaternary nitrogens is 1. The quantitative estimate of drug-likeness (QED) is 0.0453. The van der Waals surface area contributed by atoms with Gasteiger partial charge in [-0.15, -0.1) is 0 Å². The normalized spacial score (nSPS) is 26.7. The average molecular weight is 1230 g/mol. The molecule has 3 saturated heterocycles. The molecule has 0 aliphatic carbocycles. The van der Waals surface area contributed by atoms with Crippen molar-refractivity contribution in [1.29, 1.82) is 0 Å². The van der Waals surface area contributed by atoms with Gasteiger partial charge in [-0.2, -0.15) is 0 Å². The maximum absolute atomic E-state index is 14.8. The predicted molar refractivity (Wildman–Crippen MR) is 320 cm³/mol. The number of nitrogens with one attached hydrogen (secondary N) is 5. The number of hydrogen-bond acceptors (Lipinski definition) is 17. The van der Waals surface area contributed by atoms with Gasteiger partial charge < -0.3 is 91.2 Å². The molecule has 0 spiro atoms. The summed E-state index contributed by atoms with van der Waals surface area (Å²) in [5.74, 6) is -8.24. The number of nitrogens with zero attached hydrogens (tertiary/aromatic N) is 3. The molecule has 4 aromatic carbocycles. The molecule has 7 amide bonds. The van der Waals surface area contributed by atoms with E-state index in [0.29, 0.717) is 11.1 Å². The molecule has 15 atom stereocenters. The maximum atomic E-state index is 14.8. The van der Waals surface area contributed by atoms with E-state index in [2.05, 4.69) is 33.5 Å². The maximum Gasteiger partial charge on any atom is 0.251 e. The Morgan fingerprint density at radius 2 is 1.18 bits per heavy atom. The zero-order valence-corrected chi connectivity index (χ0v) is 50.6. The fourth-order valence-electron chi connectivity index (χ4n) is 10.8. The lowest BCUT2D eigenvalue weighted by Gasteiger charge is -2.34. The van der Waals surface area contributed by atoms with Gasteiger partial charge >= 0.3 is 0 Å². The number of amides is 7. The molecule has 478 valence electrons. The monoisotopic (exact) mass is 1230 g/mol. The van der Waals surface area contributed by atoms with Gasteiger partial charge in [0, 0.05) is 37.4 Å². The van der Waals surface area contributed by atoms with Gasteiger partial charge in [0.25, 0.3) is 5.91 Å². The number of rotatable bonds is 18. The molecule has 7 rings (SSSR count). The van der Waals surface area contributed by atoms with Crippen molar-refractivity contribution in [3.63, 3.8) is 0 Å². The number of ether oxygens (including phenoxy) is 2. The van der Waals surface area contributed by atoms with Gasteiger partial charge in [-0.05, 0) is 84.5 Å². The van der Waals surface area contributed by atoms with Crippen molar-refractivity contribution in [3.05, 3.63) is 108 Å². The van der Waals surface area contributed by atoms with Crippen LogP contribution in [0.5, 0.6) is 11.5 Å². The number of benzene rings is 4. The molecule has 4 aromatic rings. The van der Waals surface area contributed by atoms with Gasteiger partial charge in [0.15, 0.2) is 6.23 Å². The molecule has 0 bridgehead atoms. The van der Waals surface area contributed by atoms with Crippen LogP contribution in [0.1, 0.15) is 81.8 Å². The summed E-state index contributed by atoms with van der Waals surface area (Å²) in [5, 5.41) is 103. The van der Waals surface area contributed by atoms with E-state index in [1.54, 1.807) is 12.1 Å². The second kappa shape index (κ2) is 30.1. The lowest BCUT2D eigenvalue weighted by atomic mass is 9.96. The predicted octanol–water partition coefficient (Wildman–Crippen LogP) is -0.197. The minimum Gasteiger partial charge on any atom is -0.508 e. The van der Waals surface area contributed by atoms with Crippen molar-refractivity contribution in [3.8, 4) is 33.8 Å². The molecule has 3 heterocycles. The summed E-state index contributed by atoms with van der Waals surface area (Å²) >= 11 is 0. The van der Waals surface area contributed by atoms with Crippen LogP contribution < -0.4 is 31.3 Å². The van der Waals surface area contributed by atoms with E-state index >= 15 is 0 Å². The second-order valence-electron chi connectivity index (χ2n) is 24.1. The van der Waals surface area contributed by atoms with E-state index in [-0.39, 0.29) is 36.6 Å². The van der Waals surface area contributed by atoms with Gasteiger partial charge in [0.05, 0.1) is 58.8 Å². The summed E-state index contributed by atoms with van der Waals surface area (Å²) in [4.78, 5) is 104. The third kappa shape index (κ3) is 17.2. The van der Waals surface area contributed by atoms with Gasteiger partial charge in [0.1, 0.15) is 72.6 Å². The molecule has 25 heteroatoms. The summed E-state index contributed by atoms with van der Waals surface area (Å²) in [6, 6.07) is 15.3. The van der Waals surface area contributed by atoms with Crippen LogP contribution in [0.25, 0.3) is 22.3 Å². The average Bonchev–Trinajstić information content (AvgIpc) is 2.08. The topological polar surface area (TPSA) is 366 Å². The Balaban J connectivity index is 1.23. The molecule has 3 aliphatic rings. The summed E-state index contributed by atoms with van der Waals surface area (Å²) in [5.41, 5.74) is 3.48. The van der Waals surface area contributed by atoms with Gasteiger partial charge in [-0.25, -0.2) is 0 Å². The molecule has 25 nitrogen and oxygen atoms in total. The van der Waals surface area contributed by atoms with E-state index < -0.39 is 152 Å². The summed E-state index contributed by atoms with van der Waals surface area (Å²) in [6.45, 7) is 5.80.